The molecule has 0 amide bonds. The summed E-state index contributed by atoms with van der Waals surface area (Å²) in [5.74, 6) is 2.94. The summed E-state index contributed by atoms with van der Waals surface area (Å²) < 4.78 is 0. The van der Waals surface area contributed by atoms with E-state index in [1.165, 1.54) is 49.0 Å². The molecule has 2 heteroatoms. The van der Waals surface area contributed by atoms with Crippen LogP contribution in [0.4, 0.5) is 0 Å². The lowest BCUT2D eigenvalue weighted by Crippen LogP contribution is -2.48. The molecule has 0 unspecified atom stereocenters. The van der Waals surface area contributed by atoms with Gasteiger partial charge in [-0.2, -0.15) is 0 Å². The van der Waals surface area contributed by atoms with Crippen molar-refractivity contribution in [3.8, 4) is 0 Å². The lowest BCUT2D eigenvalue weighted by atomic mass is 9.48. The average Bonchev–Trinajstić information content (AvgIpc) is 2.71. The second-order valence-electron chi connectivity index (χ2n) is 9.25. The molecule has 0 spiro atoms. The van der Waals surface area contributed by atoms with E-state index >= 15 is 0 Å². The Balaban J connectivity index is 1.31. The van der Waals surface area contributed by atoms with E-state index in [4.69, 9.17) is 0 Å². The van der Waals surface area contributed by atoms with Gasteiger partial charge in [-0.1, -0.05) is 42.5 Å². The topological polar surface area (TPSA) is 17.1 Å². The van der Waals surface area contributed by atoms with Crippen molar-refractivity contribution in [1.82, 2.24) is 0 Å². The van der Waals surface area contributed by atoms with Crippen LogP contribution >= 0.6 is 11.8 Å². The van der Waals surface area contributed by atoms with Gasteiger partial charge in [-0.15, -0.1) is 11.8 Å². The Hall–Kier alpha value is -1.80. The molecule has 0 aromatic heterocycles. The van der Waals surface area contributed by atoms with Crippen LogP contribution in [0.15, 0.2) is 59.5 Å². The Kier molecular flexibility index (Phi) is 4.71. The van der Waals surface area contributed by atoms with Gasteiger partial charge in [-0.3, -0.25) is 4.79 Å². The molecule has 0 radical (unpaired) electrons. The van der Waals surface area contributed by atoms with E-state index in [0.717, 1.165) is 28.9 Å². The number of benzene rings is 2. The molecule has 0 atom stereocenters. The first-order valence-corrected chi connectivity index (χ1v) is 11.8. The summed E-state index contributed by atoms with van der Waals surface area (Å²) in [4.78, 5) is 13.8. The van der Waals surface area contributed by atoms with Crippen molar-refractivity contribution in [1.29, 1.82) is 0 Å². The number of hydrogen-bond donors (Lipinski definition) is 0. The van der Waals surface area contributed by atoms with E-state index in [1.807, 2.05) is 6.08 Å². The number of hydrogen-bond acceptors (Lipinski definition) is 2. The van der Waals surface area contributed by atoms with Crippen LogP contribution in [0.25, 0.3) is 6.08 Å². The number of allylic oxidation sites excluding steroid dienone is 1. The van der Waals surface area contributed by atoms with Gasteiger partial charge in [-0.05, 0) is 97.3 Å². The predicted molar refractivity (Wildman–Crippen MR) is 118 cm³/mol. The lowest BCUT2D eigenvalue weighted by molar-refractivity contribution is -0.00519. The maximum absolute atomic E-state index is 12.6. The molecule has 2 aromatic rings. The summed E-state index contributed by atoms with van der Waals surface area (Å²) in [7, 11) is 0. The van der Waals surface area contributed by atoms with Gasteiger partial charge < -0.3 is 0 Å². The molecular weight excluding hydrogens is 360 g/mol. The maximum Gasteiger partial charge on any atom is 0.185 e. The molecule has 4 fully saturated rings. The molecule has 6 rings (SSSR count). The van der Waals surface area contributed by atoms with Crippen molar-refractivity contribution in [2.75, 3.05) is 6.26 Å². The summed E-state index contributed by atoms with van der Waals surface area (Å²) in [5, 5.41) is 0. The third-order valence-electron chi connectivity index (χ3n) is 7.36. The standard InChI is InChI=1S/C26H28OS/c1-28-24-9-2-18(3-10-24)4-11-25(27)22-5-7-23(8-6-22)26-15-19-12-20(16-26)14-21(13-19)17-26/h2-11,19-21H,12-17H2,1H3/b11-4+. The fourth-order valence-corrected chi connectivity index (χ4v) is 6.84. The minimum absolute atomic E-state index is 0.0889. The number of ketones is 1. The monoisotopic (exact) mass is 388 g/mol. The highest BCUT2D eigenvalue weighted by Gasteiger charge is 2.51. The van der Waals surface area contributed by atoms with Crippen molar-refractivity contribution in [3.05, 3.63) is 71.3 Å². The summed E-state index contributed by atoms with van der Waals surface area (Å²) >= 11 is 1.73. The molecular formula is C26H28OS. The lowest BCUT2D eigenvalue weighted by Gasteiger charge is -2.57. The minimum Gasteiger partial charge on any atom is -0.289 e. The number of carbonyl (C=O) groups excluding carboxylic acids is 1. The largest absolute Gasteiger partial charge is 0.289 e. The van der Waals surface area contributed by atoms with Crippen LogP contribution in [-0.4, -0.2) is 12.0 Å². The molecule has 28 heavy (non-hydrogen) atoms. The Bertz CT molecular complexity index is 856. The Morgan fingerprint density at radius 3 is 2.00 bits per heavy atom. The second-order valence-corrected chi connectivity index (χ2v) is 10.1. The first kappa shape index (κ1) is 18.2. The van der Waals surface area contributed by atoms with Gasteiger partial charge in [0.25, 0.3) is 0 Å². The zero-order chi connectivity index (χ0) is 19.1. The summed E-state index contributed by atoms with van der Waals surface area (Å²) in [5.41, 5.74) is 3.76. The van der Waals surface area contributed by atoms with Crippen LogP contribution in [0.1, 0.15) is 60.0 Å². The molecule has 4 aliphatic rings. The first-order valence-electron chi connectivity index (χ1n) is 10.6. The summed E-state index contributed by atoms with van der Waals surface area (Å²) in [6.07, 6.45) is 14.2. The van der Waals surface area contributed by atoms with Gasteiger partial charge in [0.15, 0.2) is 5.78 Å². The average molecular weight is 389 g/mol. The highest BCUT2D eigenvalue weighted by molar-refractivity contribution is 7.98. The molecule has 144 valence electrons. The van der Waals surface area contributed by atoms with Crippen molar-refractivity contribution >= 4 is 23.6 Å². The van der Waals surface area contributed by atoms with Crippen molar-refractivity contribution in [2.24, 2.45) is 17.8 Å². The molecule has 2 aromatic carbocycles. The molecule has 0 saturated heterocycles. The van der Waals surface area contributed by atoms with Gasteiger partial charge >= 0.3 is 0 Å². The third kappa shape index (κ3) is 3.37. The van der Waals surface area contributed by atoms with Crippen LogP contribution in [0.5, 0.6) is 0 Å². The smallest absolute Gasteiger partial charge is 0.185 e. The van der Waals surface area contributed by atoms with Crippen molar-refractivity contribution in [2.45, 2.75) is 48.8 Å². The number of rotatable bonds is 5. The van der Waals surface area contributed by atoms with Crippen LogP contribution in [0.3, 0.4) is 0 Å². The van der Waals surface area contributed by atoms with Crippen LogP contribution in [0.2, 0.25) is 0 Å². The highest BCUT2D eigenvalue weighted by atomic mass is 32.2. The fraction of sp³-hybridized carbons (Fsp3) is 0.423. The SMILES string of the molecule is CSc1ccc(/C=C/C(=O)c2ccc(C34CC5CC(CC(C5)C3)C4)cc2)cc1. The molecule has 4 bridgehead atoms. The predicted octanol–water partition coefficient (Wildman–Crippen LogP) is 6.77. The molecule has 4 saturated carbocycles. The Labute approximate surface area is 172 Å². The number of thioether (sulfide) groups is 1. The van der Waals surface area contributed by atoms with E-state index < -0.39 is 0 Å². The van der Waals surface area contributed by atoms with E-state index in [-0.39, 0.29) is 5.78 Å². The Morgan fingerprint density at radius 1 is 0.893 bits per heavy atom. The van der Waals surface area contributed by atoms with E-state index in [0.29, 0.717) is 5.41 Å². The van der Waals surface area contributed by atoms with Crippen molar-refractivity contribution < 1.29 is 4.79 Å². The van der Waals surface area contributed by atoms with E-state index in [1.54, 1.807) is 17.8 Å². The maximum atomic E-state index is 12.6. The summed E-state index contributed by atoms with van der Waals surface area (Å²) in [6, 6.07) is 16.9. The molecule has 0 N–H and O–H groups in total. The fourth-order valence-electron chi connectivity index (χ4n) is 6.44. The van der Waals surface area contributed by atoms with Crippen LogP contribution in [0, 0.1) is 17.8 Å². The van der Waals surface area contributed by atoms with Crippen molar-refractivity contribution in [3.63, 3.8) is 0 Å². The van der Waals surface area contributed by atoms with E-state index in [2.05, 4.69) is 54.8 Å². The van der Waals surface area contributed by atoms with Gasteiger partial charge in [0.2, 0.25) is 0 Å². The summed E-state index contributed by atoms with van der Waals surface area (Å²) in [6.45, 7) is 0. The zero-order valence-corrected chi connectivity index (χ0v) is 17.4. The quantitative estimate of drug-likeness (QED) is 0.319. The van der Waals surface area contributed by atoms with Crippen LogP contribution < -0.4 is 0 Å². The Morgan fingerprint density at radius 2 is 1.46 bits per heavy atom. The van der Waals surface area contributed by atoms with Gasteiger partial charge in [0.1, 0.15) is 0 Å². The van der Waals surface area contributed by atoms with Gasteiger partial charge in [0, 0.05) is 10.5 Å². The molecule has 4 aliphatic carbocycles. The molecule has 0 heterocycles. The van der Waals surface area contributed by atoms with Gasteiger partial charge in [-0.25, -0.2) is 0 Å². The highest BCUT2D eigenvalue weighted by Crippen LogP contribution is 2.60. The van der Waals surface area contributed by atoms with E-state index in [9.17, 15) is 4.79 Å². The van der Waals surface area contributed by atoms with Crippen LogP contribution in [-0.2, 0) is 5.41 Å². The normalized spacial score (nSPS) is 30.8. The first-order chi connectivity index (χ1) is 13.6. The number of carbonyl (C=O) groups is 1. The van der Waals surface area contributed by atoms with Gasteiger partial charge in [0.05, 0.1) is 0 Å². The minimum atomic E-state index is 0.0889. The molecule has 0 aliphatic heterocycles. The zero-order valence-electron chi connectivity index (χ0n) is 16.6. The second kappa shape index (κ2) is 7.22. The third-order valence-corrected chi connectivity index (χ3v) is 8.11. The molecule has 1 nitrogen and oxygen atoms in total.